The number of ether oxygens (including phenoxy) is 2. The topological polar surface area (TPSA) is 110 Å². The largest absolute Gasteiger partial charge is 0.495 e. The first-order valence-corrected chi connectivity index (χ1v) is 14.3. The number of halogens is 2. The lowest BCUT2D eigenvalue weighted by atomic mass is 9.85. The summed E-state index contributed by atoms with van der Waals surface area (Å²) in [7, 11) is 3.25. The summed E-state index contributed by atoms with van der Waals surface area (Å²) in [5.74, 6) is -0.676. The Hall–Kier alpha value is -3.83. The molecular formula is C32H32ClFN4O5. The first kappa shape index (κ1) is 29.3. The molecule has 1 aliphatic carbocycles. The molecule has 224 valence electrons. The summed E-state index contributed by atoms with van der Waals surface area (Å²) in [6.07, 6.45) is 6.18. The monoisotopic (exact) mass is 606 g/mol. The van der Waals surface area contributed by atoms with Gasteiger partial charge in [0.25, 0.3) is 5.91 Å². The average Bonchev–Trinajstić information content (AvgIpc) is 3.59. The van der Waals surface area contributed by atoms with Crippen molar-refractivity contribution >= 4 is 17.5 Å². The molecule has 0 saturated heterocycles. The molecular weight excluding hydrogens is 575 g/mol. The van der Waals surface area contributed by atoms with E-state index in [-0.39, 0.29) is 36.4 Å². The van der Waals surface area contributed by atoms with Gasteiger partial charge < -0.3 is 19.7 Å². The quantitative estimate of drug-likeness (QED) is 0.273. The van der Waals surface area contributed by atoms with Crippen molar-refractivity contribution in [3.05, 3.63) is 111 Å². The van der Waals surface area contributed by atoms with E-state index in [9.17, 15) is 15.0 Å². The van der Waals surface area contributed by atoms with E-state index >= 15 is 4.39 Å². The number of benzene rings is 2. The Morgan fingerprint density at radius 2 is 1.86 bits per heavy atom. The highest BCUT2D eigenvalue weighted by molar-refractivity contribution is 6.30. The van der Waals surface area contributed by atoms with E-state index in [2.05, 4.69) is 10.1 Å². The zero-order valence-electron chi connectivity index (χ0n) is 24.1. The van der Waals surface area contributed by atoms with E-state index in [1.165, 1.54) is 41.9 Å². The summed E-state index contributed by atoms with van der Waals surface area (Å²) in [5, 5.41) is 26.3. The summed E-state index contributed by atoms with van der Waals surface area (Å²) >= 11 is 6.25. The van der Waals surface area contributed by atoms with Crippen molar-refractivity contribution in [3.8, 4) is 5.75 Å². The van der Waals surface area contributed by atoms with Crippen molar-refractivity contribution in [1.29, 1.82) is 0 Å². The molecule has 1 aliphatic heterocycles. The maximum absolute atomic E-state index is 16.7. The van der Waals surface area contributed by atoms with E-state index in [0.717, 1.165) is 12.8 Å². The Bertz CT molecular complexity index is 1670. The van der Waals surface area contributed by atoms with E-state index in [1.54, 1.807) is 55.8 Å². The number of carbonyl (C=O) groups is 1. The first-order chi connectivity index (χ1) is 20.5. The first-order valence-electron chi connectivity index (χ1n) is 13.9. The molecule has 1 unspecified atom stereocenters. The third kappa shape index (κ3) is 4.98. The van der Waals surface area contributed by atoms with Gasteiger partial charge in [-0.2, -0.15) is 5.10 Å². The Kier molecular flexibility index (Phi) is 7.29. The average molecular weight is 607 g/mol. The molecule has 11 heteroatoms. The van der Waals surface area contributed by atoms with Gasteiger partial charge in [-0.05, 0) is 61.7 Å². The fourth-order valence-electron chi connectivity index (χ4n) is 5.63. The van der Waals surface area contributed by atoms with Gasteiger partial charge in [0.2, 0.25) is 0 Å². The molecule has 1 amide bonds. The number of carbonyl (C=O) groups excluding carboxylic acids is 1. The number of pyridine rings is 1. The van der Waals surface area contributed by atoms with Crippen molar-refractivity contribution in [2.45, 2.75) is 37.6 Å². The van der Waals surface area contributed by atoms with Crippen LogP contribution >= 0.6 is 11.6 Å². The number of fused-ring (bicyclic) bond motifs is 1. The molecule has 1 saturated carbocycles. The molecule has 6 rings (SSSR count). The molecule has 0 radical (unpaired) electrons. The summed E-state index contributed by atoms with van der Waals surface area (Å²) in [5.41, 5.74) is -2.13. The van der Waals surface area contributed by atoms with Gasteiger partial charge in [0.05, 0.1) is 56.1 Å². The zero-order valence-corrected chi connectivity index (χ0v) is 24.8. The molecule has 0 bridgehead atoms. The predicted molar refractivity (Wildman–Crippen MR) is 156 cm³/mol. The smallest absolute Gasteiger partial charge is 0.257 e. The number of aliphatic hydroxyl groups excluding tert-OH is 1. The molecule has 0 spiro atoms. The van der Waals surface area contributed by atoms with E-state index < -0.39 is 28.5 Å². The van der Waals surface area contributed by atoms with Gasteiger partial charge in [-0.25, -0.2) is 4.39 Å². The second-order valence-corrected chi connectivity index (χ2v) is 12.0. The number of aliphatic hydroxyl groups is 2. The molecule has 43 heavy (non-hydrogen) atoms. The molecule has 2 aromatic carbocycles. The van der Waals surface area contributed by atoms with Crippen LogP contribution in [0.25, 0.3) is 0 Å². The molecule has 2 aromatic heterocycles. The highest BCUT2D eigenvalue weighted by Gasteiger charge is 2.56. The number of aromatic nitrogens is 3. The number of nitrogens with zero attached hydrogens (tertiary/aromatic N) is 4. The van der Waals surface area contributed by atoms with Crippen LogP contribution in [-0.2, 0) is 29.7 Å². The number of amides is 1. The molecule has 9 nitrogen and oxygen atoms in total. The SMILES string of the molecule is COc1ccc(CN2C(=O)c3cc(C(C)(O)c4cnn(C)c4)cc(F)c3[C@]2(OCC2(CO)CC2)c2ccc(Cl)cc2)nc1. The van der Waals surface area contributed by atoms with Gasteiger partial charge in [-0.3, -0.25) is 19.4 Å². The maximum atomic E-state index is 16.7. The van der Waals surface area contributed by atoms with E-state index in [1.807, 2.05) is 0 Å². The molecule has 2 aliphatic rings. The van der Waals surface area contributed by atoms with Gasteiger partial charge in [0.1, 0.15) is 17.2 Å². The van der Waals surface area contributed by atoms with E-state index in [0.29, 0.717) is 27.6 Å². The van der Waals surface area contributed by atoms with Gasteiger partial charge in [-0.15, -0.1) is 0 Å². The number of methoxy groups -OCH3 is 1. The Morgan fingerprint density at radius 3 is 2.44 bits per heavy atom. The number of hydrogen-bond donors (Lipinski definition) is 2. The van der Waals surface area contributed by atoms with Crippen molar-refractivity contribution in [1.82, 2.24) is 19.7 Å². The molecule has 4 aromatic rings. The summed E-state index contributed by atoms with van der Waals surface area (Å²) in [4.78, 5) is 20.3. The van der Waals surface area contributed by atoms with Crippen LogP contribution < -0.4 is 4.74 Å². The second kappa shape index (κ2) is 10.7. The van der Waals surface area contributed by atoms with Crippen LogP contribution in [0.15, 0.2) is 67.1 Å². The van der Waals surface area contributed by atoms with Crippen LogP contribution in [0.1, 0.15) is 58.1 Å². The van der Waals surface area contributed by atoms with Crippen LogP contribution in [0.5, 0.6) is 5.75 Å². The lowest BCUT2D eigenvalue weighted by Gasteiger charge is -2.40. The maximum Gasteiger partial charge on any atom is 0.257 e. The fraction of sp³-hybridized carbons (Fsp3) is 0.344. The highest BCUT2D eigenvalue weighted by atomic mass is 35.5. The minimum atomic E-state index is -1.72. The van der Waals surface area contributed by atoms with Crippen molar-refractivity contribution < 1.29 is 28.9 Å². The normalized spacial score (nSPS) is 20.2. The van der Waals surface area contributed by atoms with Gasteiger partial charge in [0.15, 0.2) is 5.72 Å². The Morgan fingerprint density at radius 1 is 1.12 bits per heavy atom. The third-order valence-corrected chi connectivity index (χ3v) is 8.83. The lowest BCUT2D eigenvalue weighted by Crippen LogP contribution is -2.48. The van der Waals surface area contributed by atoms with Crippen molar-refractivity contribution in [2.75, 3.05) is 20.3 Å². The third-order valence-electron chi connectivity index (χ3n) is 8.58. The summed E-state index contributed by atoms with van der Waals surface area (Å²) in [6.45, 7) is 1.49. The standard InChI is InChI=1S/C32H32ClFN4O5/c1-30(41,22-14-36-37(2)16-22)21-12-26-28(27(34)13-21)32(20-4-6-23(33)7-5-20,43-19-31(18-39)10-11-31)38(29(26)40)17-24-8-9-25(42-3)15-35-24/h4-9,12-16,39,41H,10-11,17-19H2,1-3H3/t30?,32-/m1/s1. The van der Waals surface area contributed by atoms with Gasteiger partial charge in [0, 0.05) is 34.8 Å². The van der Waals surface area contributed by atoms with Gasteiger partial charge in [-0.1, -0.05) is 23.7 Å². The predicted octanol–water partition coefficient (Wildman–Crippen LogP) is 4.52. The molecule has 3 heterocycles. The zero-order chi connectivity index (χ0) is 30.6. The number of hydrogen-bond acceptors (Lipinski definition) is 7. The molecule has 2 N–H and O–H groups in total. The van der Waals surface area contributed by atoms with E-state index in [4.69, 9.17) is 21.1 Å². The number of aryl methyl sites for hydroxylation is 1. The minimum absolute atomic E-state index is 0.0211. The summed E-state index contributed by atoms with van der Waals surface area (Å²) < 4.78 is 30.1. The second-order valence-electron chi connectivity index (χ2n) is 11.5. The lowest BCUT2D eigenvalue weighted by molar-refractivity contribution is -0.130. The van der Waals surface area contributed by atoms with Crippen molar-refractivity contribution in [2.24, 2.45) is 12.5 Å². The van der Waals surface area contributed by atoms with Gasteiger partial charge >= 0.3 is 0 Å². The molecule has 1 fully saturated rings. The highest BCUT2D eigenvalue weighted by Crippen LogP contribution is 2.52. The van der Waals surface area contributed by atoms with Crippen LogP contribution in [0.3, 0.4) is 0 Å². The number of rotatable bonds is 10. The van der Waals surface area contributed by atoms with Crippen LogP contribution in [0.2, 0.25) is 5.02 Å². The molecule has 2 atom stereocenters. The van der Waals surface area contributed by atoms with Crippen LogP contribution in [0.4, 0.5) is 4.39 Å². The Balaban J connectivity index is 1.55. The van der Waals surface area contributed by atoms with Crippen LogP contribution in [-0.4, -0.2) is 56.1 Å². The minimum Gasteiger partial charge on any atom is -0.495 e. The van der Waals surface area contributed by atoms with Crippen molar-refractivity contribution in [3.63, 3.8) is 0 Å². The fourth-order valence-corrected chi connectivity index (χ4v) is 5.75. The summed E-state index contributed by atoms with van der Waals surface area (Å²) in [6, 6.07) is 12.9. The Labute approximate surface area is 253 Å². The van der Waals surface area contributed by atoms with Crippen LogP contribution in [0, 0.1) is 11.2 Å².